The maximum atomic E-state index is 5.30. The van der Waals surface area contributed by atoms with Crippen molar-refractivity contribution in [2.45, 2.75) is 26.3 Å². The Bertz CT molecular complexity index is 153. The predicted molar refractivity (Wildman–Crippen MR) is 55.5 cm³/mol. The van der Waals surface area contributed by atoms with E-state index >= 15 is 0 Å². The number of nitrogens with zero attached hydrogens (tertiary/aromatic N) is 2. The molecule has 76 valence electrons. The van der Waals surface area contributed by atoms with Crippen molar-refractivity contribution in [3.63, 3.8) is 0 Å². The van der Waals surface area contributed by atoms with E-state index < -0.39 is 0 Å². The molecule has 1 heterocycles. The SMILES string of the molecule is CCC=NCC(C)N1CCOCC1. The fraction of sp³-hybridized carbons (Fsp3) is 0.900. The summed E-state index contributed by atoms with van der Waals surface area (Å²) in [5.41, 5.74) is 0. The van der Waals surface area contributed by atoms with Gasteiger partial charge < -0.3 is 4.74 Å². The summed E-state index contributed by atoms with van der Waals surface area (Å²) < 4.78 is 5.30. The van der Waals surface area contributed by atoms with Crippen molar-refractivity contribution < 1.29 is 4.74 Å². The quantitative estimate of drug-likeness (QED) is 0.613. The highest BCUT2D eigenvalue weighted by atomic mass is 16.5. The lowest BCUT2D eigenvalue weighted by molar-refractivity contribution is 0.0221. The van der Waals surface area contributed by atoms with Gasteiger partial charge in [-0.2, -0.15) is 0 Å². The molecule has 0 spiro atoms. The van der Waals surface area contributed by atoms with Gasteiger partial charge in [-0.1, -0.05) is 6.92 Å². The highest BCUT2D eigenvalue weighted by Crippen LogP contribution is 2.03. The molecule has 0 aliphatic carbocycles. The monoisotopic (exact) mass is 184 g/mol. The molecule has 0 saturated carbocycles. The number of rotatable bonds is 4. The Balaban J connectivity index is 2.20. The van der Waals surface area contributed by atoms with Gasteiger partial charge in [0.1, 0.15) is 0 Å². The van der Waals surface area contributed by atoms with Crippen LogP contribution in [0.5, 0.6) is 0 Å². The van der Waals surface area contributed by atoms with Crippen molar-refractivity contribution >= 4 is 6.21 Å². The third-order valence-electron chi connectivity index (χ3n) is 2.35. The summed E-state index contributed by atoms with van der Waals surface area (Å²) in [6.45, 7) is 9.14. The molecule has 0 aromatic carbocycles. The molecule has 0 aromatic rings. The first-order chi connectivity index (χ1) is 6.34. The van der Waals surface area contributed by atoms with Crippen LogP contribution < -0.4 is 0 Å². The molecule has 1 aliphatic heterocycles. The van der Waals surface area contributed by atoms with E-state index in [2.05, 4.69) is 23.7 Å². The van der Waals surface area contributed by atoms with Gasteiger partial charge in [0.2, 0.25) is 0 Å². The van der Waals surface area contributed by atoms with Crippen LogP contribution in [0.15, 0.2) is 4.99 Å². The van der Waals surface area contributed by atoms with Crippen molar-refractivity contribution in [2.24, 2.45) is 4.99 Å². The minimum atomic E-state index is 0.562. The minimum Gasteiger partial charge on any atom is -0.379 e. The summed E-state index contributed by atoms with van der Waals surface area (Å²) in [5, 5.41) is 0. The van der Waals surface area contributed by atoms with Crippen molar-refractivity contribution in [3.05, 3.63) is 0 Å². The van der Waals surface area contributed by atoms with Crippen LogP contribution in [-0.4, -0.2) is 50.0 Å². The summed E-state index contributed by atoms with van der Waals surface area (Å²) >= 11 is 0. The molecular formula is C10H20N2O. The number of morpholine rings is 1. The Hall–Kier alpha value is -0.410. The van der Waals surface area contributed by atoms with Crippen LogP contribution in [0, 0.1) is 0 Å². The van der Waals surface area contributed by atoms with Crippen molar-refractivity contribution in [2.75, 3.05) is 32.8 Å². The lowest BCUT2D eigenvalue weighted by atomic mass is 10.2. The van der Waals surface area contributed by atoms with Gasteiger partial charge in [-0.3, -0.25) is 9.89 Å². The van der Waals surface area contributed by atoms with Crippen LogP contribution in [0.1, 0.15) is 20.3 Å². The molecule has 13 heavy (non-hydrogen) atoms. The number of hydrogen-bond donors (Lipinski definition) is 0. The molecular weight excluding hydrogens is 164 g/mol. The van der Waals surface area contributed by atoms with E-state index in [9.17, 15) is 0 Å². The van der Waals surface area contributed by atoms with E-state index in [1.54, 1.807) is 0 Å². The van der Waals surface area contributed by atoms with E-state index in [1.807, 2.05) is 6.21 Å². The highest BCUT2D eigenvalue weighted by molar-refractivity contribution is 5.56. The largest absolute Gasteiger partial charge is 0.379 e. The Morgan fingerprint density at radius 2 is 2.15 bits per heavy atom. The molecule has 1 aliphatic rings. The number of hydrogen-bond acceptors (Lipinski definition) is 3. The standard InChI is InChI=1S/C10H20N2O/c1-3-4-11-9-10(2)12-5-7-13-8-6-12/h4,10H,3,5-9H2,1-2H3. The molecule has 3 heteroatoms. The third kappa shape index (κ3) is 3.87. The maximum Gasteiger partial charge on any atom is 0.0594 e. The Kier molecular flexibility index (Phi) is 5.01. The smallest absolute Gasteiger partial charge is 0.0594 e. The van der Waals surface area contributed by atoms with Crippen LogP contribution in [0.25, 0.3) is 0 Å². The summed E-state index contributed by atoms with van der Waals surface area (Å²) in [6.07, 6.45) is 3.03. The average Bonchev–Trinajstić information content (AvgIpc) is 2.19. The minimum absolute atomic E-state index is 0.562. The molecule has 0 N–H and O–H groups in total. The van der Waals surface area contributed by atoms with Gasteiger partial charge >= 0.3 is 0 Å². The van der Waals surface area contributed by atoms with Crippen molar-refractivity contribution in [1.29, 1.82) is 0 Å². The Morgan fingerprint density at radius 3 is 2.77 bits per heavy atom. The Morgan fingerprint density at radius 1 is 1.46 bits per heavy atom. The zero-order chi connectivity index (χ0) is 9.52. The third-order valence-corrected chi connectivity index (χ3v) is 2.35. The zero-order valence-corrected chi connectivity index (χ0v) is 8.70. The molecule has 1 fully saturated rings. The van der Waals surface area contributed by atoms with Gasteiger partial charge in [0.15, 0.2) is 0 Å². The van der Waals surface area contributed by atoms with E-state index in [1.165, 1.54) is 0 Å². The zero-order valence-electron chi connectivity index (χ0n) is 8.70. The van der Waals surface area contributed by atoms with Gasteiger partial charge in [0, 0.05) is 19.1 Å². The predicted octanol–water partition coefficient (Wildman–Crippen LogP) is 1.19. The molecule has 1 rings (SSSR count). The molecule has 0 radical (unpaired) electrons. The Labute approximate surface area is 80.8 Å². The normalized spacial score (nSPS) is 22.3. The summed E-state index contributed by atoms with van der Waals surface area (Å²) in [5.74, 6) is 0. The van der Waals surface area contributed by atoms with E-state index in [-0.39, 0.29) is 0 Å². The van der Waals surface area contributed by atoms with Crippen LogP contribution >= 0.6 is 0 Å². The highest BCUT2D eigenvalue weighted by Gasteiger charge is 2.15. The van der Waals surface area contributed by atoms with Crippen LogP contribution in [0.2, 0.25) is 0 Å². The molecule has 1 saturated heterocycles. The van der Waals surface area contributed by atoms with E-state index in [0.717, 1.165) is 39.3 Å². The van der Waals surface area contributed by atoms with Crippen LogP contribution in [-0.2, 0) is 4.74 Å². The second-order valence-electron chi connectivity index (χ2n) is 3.45. The van der Waals surface area contributed by atoms with Crippen LogP contribution in [0.4, 0.5) is 0 Å². The first kappa shape index (κ1) is 10.7. The second-order valence-corrected chi connectivity index (χ2v) is 3.45. The van der Waals surface area contributed by atoms with Gasteiger partial charge in [-0.05, 0) is 19.6 Å². The number of ether oxygens (including phenoxy) is 1. The van der Waals surface area contributed by atoms with Crippen LogP contribution in [0.3, 0.4) is 0 Å². The fourth-order valence-electron chi connectivity index (χ4n) is 1.49. The first-order valence-corrected chi connectivity index (χ1v) is 5.14. The van der Waals surface area contributed by atoms with E-state index in [0.29, 0.717) is 6.04 Å². The molecule has 1 atom stereocenters. The van der Waals surface area contributed by atoms with Gasteiger partial charge in [0.05, 0.1) is 19.8 Å². The van der Waals surface area contributed by atoms with E-state index in [4.69, 9.17) is 4.74 Å². The topological polar surface area (TPSA) is 24.8 Å². The first-order valence-electron chi connectivity index (χ1n) is 5.14. The lowest BCUT2D eigenvalue weighted by Gasteiger charge is -2.31. The second kappa shape index (κ2) is 6.11. The maximum absolute atomic E-state index is 5.30. The van der Waals surface area contributed by atoms with Gasteiger partial charge in [-0.15, -0.1) is 0 Å². The molecule has 0 bridgehead atoms. The van der Waals surface area contributed by atoms with Crippen molar-refractivity contribution in [1.82, 2.24) is 4.90 Å². The molecule has 0 amide bonds. The summed E-state index contributed by atoms with van der Waals surface area (Å²) in [4.78, 5) is 6.80. The fourth-order valence-corrected chi connectivity index (χ4v) is 1.49. The summed E-state index contributed by atoms with van der Waals surface area (Å²) in [6, 6.07) is 0.562. The molecule has 0 aromatic heterocycles. The number of aliphatic imine (C=N–C) groups is 1. The van der Waals surface area contributed by atoms with Gasteiger partial charge in [-0.25, -0.2) is 0 Å². The average molecular weight is 184 g/mol. The molecule has 3 nitrogen and oxygen atoms in total. The summed E-state index contributed by atoms with van der Waals surface area (Å²) in [7, 11) is 0. The van der Waals surface area contributed by atoms with Crippen molar-refractivity contribution in [3.8, 4) is 0 Å². The lowest BCUT2D eigenvalue weighted by Crippen LogP contribution is -2.43. The van der Waals surface area contributed by atoms with Gasteiger partial charge in [0.25, 0.3) is 0 Å². The molecule has 1 unspecified atom stereocenters.